The van der Waals surface area contributed by atoms with Crippen molar-refractivity contribution < 1.29 is 9.59 Å². The molecule has 17 heteroatoms. The number of piperidine rings is 4. The standard InChI is InChI=1S/C27H33N5OS.C20H31N5S2.C9H9BrO.H3P/c1-19-6-5-7-20(18-19)24(33)25-26(28)30-27(34-25)29-21-8-10-22(11-9-21)32-16-12-23(13-17-32)31-14-3-2-4-15-31;1-2-27-19(21)23-20(26)22-16-6-8-17(9-7-16)25-14-10-18(11-15-25)24-12-4-3-5-13-24;1-7-3-2-4-8(5-7)9(11)6-10;/h5-11,18,23H,2-4,12-17,28H2,1H3,(H,29,30);6-9,18H,2-5,10-15H2,1H3,(H3,21,22,23,26);2-5H,6H2,1H3;1H3. The number of hydrogen-bond acceptors (Lipinski definition) is 12. The minimum atomic E-state index is -0.0879. The molecule has 9 rings (SSSR count). The summed E-state index contributed by atoms with van der Waals surface area (Å²) >= 11 is 11.2. The summed E-state index contributed by atoms with van der Waals surface area (Å²) in [6.45, 7) is 15.7. The summed E-state index contributed by atoms with van der Waals surface area (Å²) in [5, 5.41) is 8.39. The molecule has 4 aromatic carbocycles. The van der Waals surface area contributed by atoms with Gasteiger partial charge in [-0.05, 0) is 170 Å². The van der Waals surface area contributed by atoms with Crippen molar-refractivity contribution in [3.05, 3.63) is 124 Å². The Bertz CT molecular complexity index is 2550. The Labute approximate surface area is 459 Å². The van der Waals surface area contributed by atoms with E-state index in [0.717, 1.165) is 72.1 Å². The summed E-state index contributed by atoms with van der Waals surface area (Å²) in [5.74, 6) is 1.21. The molecular weight excluding hydrogens is 1050 g/mol. The molecule has 1 unspecified atom stereocenters. The lowest BCUT2D eigenvalue weighted by Crippen LogP contribution is -2.46. The zero-order valence-corrected chi connectivity index (χ0v) is 48.4. The van der Waals surface area contributed by atoms with Crippen molar-refractivity contribution in [2.24, 2.45) is 10.7 Å². The monoisotopic (exact) mass is 1130 g/mol. The number of ketones is 2. The van der Waals surface area contributed by atoms with Crippen LogP contribution >= 0.6 is 61.1 Å². The molecule has 0 spiro atoms. The largest absolute Gasteiger partial charge is 0.382 e. The van der Waals surface area contributed by atoms with Gasteiger partial charge in [0, 0.05) is 72.1 Å². The number of hydrogen-bond donors (Lipinski definition) is 4. The van der Waals surface area contributed by atoms with Gasteiger partial charge in [-0.2, -0.15) is 14.9 Å². The first kappa shape index (κ1) is 57.9. The van der Waals surface area contributed by atoms with Crippen LogP contribution in [0.1, 0.15) is 108 Å². The van der Waals surface area contributed by atoms with Crippen molar-refractivity contribution in [3.8, 4) is 0 Å². The van der Waals surface area contributed by atoms with Crippen LogP contribution in [0, 0.1) is 13.8 Å². The smallest absolute Gasteiger partial charge is 0.206 e. The summed E-state index contributed by atoms with van der Waals surface area (Å²) in [4.78, 5) is 43.5. The molecule has 4 aliphatic heterocycles. The molecule has 0 aliphatic carbocycles. The molecule has 6 N–H and O–H groups in total. The number of Topliss-reactive ketones (excluding diaryl/α,β-unsaturated/α-hetero) is 1. The van der Waals surface area contributed by atoms with E-state index in [1.54, 1.807) is 0 Å². The Kier molecular flexibility index (Phi) is 23.5. The highest BCUT2D eigenvalue weighted by Gasteiger charge is 2.27. The van der Waals surface area contributed by atoms with E-state index < -0.39 is 0 Å². The molecule has 1 atom stereocenters. The normalized spacial score (nSPS) is 17.0. The van der Waals surface area contributed by atoms with Crippen LogP contribution in [0.4, 0.5) is 33.7 Å². The van der Waals surface area contributed by atoms with Crippen LogP contribution in [0.2, 0.25) is 0 Å². The van der Waals surface area contributed by atoms with Crippen molar-refractivity contribution in [2.75, 3.05) is 89.6 Å². The number of benzene rings is 4. The number of carbonyl (C=O) groups is 2. The van der Waals surface area contributed by atoms with Crippen LogP contribution < -0.4 is 31.9 Å². The lowest BCUT2D eigenvalue weighted by molar-refractivity contribution is 0.102. The number of thioether (sulfide) groups is 1. The number of thiazole rings is 1. The number of nitrogen functional groups attached to an aromatic ring is 1. The zero-order valence-electron chi connectivity index (χ0n) is 43.0. The van der Waals surface area contributed by atoms with Crippen LogP contribution in [0.3, 0.4) is 0 Å². The fourth-order valence-corrected chi connectivity index (χ4v) is 11.9. The van der Waals surface area contributed by atoms with E-state index in [9.17, 15) is 9.59 Å². The van der Waals surface area contributed by atoms with Gasteiger partial charge in [0.25, 0.3) is 0 Å². The van der Waals surface area contributed by atoms with E-state index in [0.29, 0.717) is 31.2 Å². The van der Waals surface area contributed by atoms with Crippen molar-refractivity contribution >= 4 is 117 Å². The highest BCUT2D eigenvalue weighted by molar-refractivity contribution is 9.09. The van der Waals surface area contributed by atoms with Crippen molar-refractivity contribution in [1.29, 1.82) is 0 Å². The van der Waals surface area contributed by atoms with Crippen LogP contribution in [0.15, 0.2) is 102 Å². The summed E-state index contributed by atoms with van der Waals surface area (Å²) in [6.07, 6.45) is 13.3. The number of nitrogens with two attached hydrogens (primary N) is 2. The predicted molar refractivity (Wildman–Crippen MR) is 325 cm³/mol. The summed E-state index contributed by atoms with van der Waals surface area (Å²) in [5.41, 5.74) is 19.9. The van der Waals surface area contributed by atoms with Gasteiger partial charge in [0.2, 0.25) is 5.78 Å². The van der Waals surface area contributed by atoms with E-state index in [2.05, 4.69) is 105 Å². The number of rotatable bonds is 12. The fourth-order valence-electron chi connectivity index (χ4n) is 9.97. The maximum absolute atomic E-state index is 12.9. The molecule has 5 heterocycles. The molecular formula is C56H76BrN10O2PS3. The van der Waals surface area contributed by atoms with E-state index in [-0.39, 0.29) is 27.3 Å². The molecule has 5 aromatic rings. The fraction of sp³-hybridized carbons (Fsp3) is 0.446. The van der Waals surface area contributed by atoms with Gasteiger partial charge in [0.15, 0.2) is 21.2 Å². The predicted octanol–water partition coefficient (Wildman–Crippen LogP) is 12.0. The van der Waals surface area contributed by atoms with E-state index in [1.165, 1.54) is 125 Å². The van der Waals surface area contributed by atoms with Gasteiger partial charge in [-0.15, -0.1) is 0 Å². The van der Waals surface area contributed by atoms with Crippen molar-refractivity contribution in [3.63, 3.8) is 0 Å². The molecule has 73 heavy (non-hydrogen) atoms. The second kappa shape index (κ2) is 29.6. The summed E-state index contributed by atoms with van der Waals surface area (Å²) < 4.78 is 0. The Hall–Kier alpha value is -4.41. The first-order valence-corrected chi connectivity index (χ1v) is 29.1. The first-order valence-electron chi connectivity index (χ1n) is 25.7. The molecule has 4 fully saturated rings. The number of nitrogens with zero attached hydrogens (tertiary/aromatic N) is 6. The number of nitrogens with one attached hydrogen (secondary N) is 2. The second-order valence-electron chi connectivity index (χ2n) is 19.0. The Morgan fingerprint density at radius 2 is 1.21 bits per heavy atom. The van der Waals surface area contributed by atoms with Crippen LogP contribution in [-0.4, -0.2) is 112 Å². The molecule has 0 bridgehead atoms. The average molecular weight is 1130 g/mol. The third-order valence-corrected chi connectivity index (χ3v) is 16.2. The van der Waals surface area contributed by atoms with Gasteiger partial charge in [-0.25, -0.2) is 4.98 Å². The first-order chi connectivity index (χ1) is 35.0. The molecule has 0 amide bonds. The highest BCUT2D eigenvalue weighted by Crippen LogP contribution is 2.32. The van der Waals surface area contributed by atoms with Crippen LogP contribution in [0.5, 0.6) is 0 Å². The molecule has 0 saturated carbocycles. The van der Waals surface area contributed by atoms with Gasteiger partial charge >= 0.3 is 0 Å². The number of aliphatic imine (C=N–C) groups is 1. The van der Waals surface area contributed by atoms with E-state index in [4.69, 9.17) is 23.7 Å². The number of likely N-dealkylation sites (tertiary alicyclic amines) is 2. The lowest BCUT2D eigenvalue weighted by atomic mass is 9.99. The van der Waals surface area contributed by atoms with Gasteiger partial charge in [-0.1, -0.05) is 106 Å². The molecule has 4 saturated heterocycles. The number of alkyl halides is 1. The van der Waals surface area contributed by atoms with E-state index in [1.807, 2.05) is 69.3 Å². The average Bonchev–Trinajstić information content (AvgIpc) is 3.78. The van der Waals surface area contributed by atoms with Gasteiger partial charge in [0.1, 0.15) is 10.7 Å². The number of amidine groups is 1. The third kappa shape index (κ3) is 17.6. The van der Waals surface area contributed by atoms with Gasteiger partial charge < -0.3 is 41.7 Å². The lowest BCUT2D eigenvalue weighted by Gasteiger charge is -2.41. The topological polar surface area (TPSA) is 148 Å². The van der Waals surface area contributed by atoms with Crippen LogP contribution in [0.25, 0.3) is 0 Å². The summed E-state index contributed by atoms with van der Waals surface area (Å²) in [6, 6.07) is 33.6. The maximum atomic E-state index is 12.9. The Morgan fingerprint density at radius 3 is 1.68 bits per heavy atom. The summed E-state index contributed by atoms with van der Waals surface area (Å²) in [7, 11) is 0. The number of halogens is 1. The highest BCUT2D eigenvalue weighted by atomic mass is 79.9. The molecule has 4 aliphatic rings. The zero-order chi connectivity index (χ0) is 50.8. The van der Waals surface area contributed by atoms with Gasteiger partial charge in [-0.3, -0.25) is 9.59 Å². The minimum Gasteiger partial charge on any atom is -0.382 e. The number of anilines is 6. The second-order valence-corrected chi connectivity index (χ2v) is 22.3. The van der Waals surface area contributed by atoms with E-state index >= 15 is 0 Å². The molecule has 0 radical (unpaired) electrons. The quantitative estimate of drug-likeness (QED) is 0.0235. The molecule has 392 valence electrons. The van der Waals surface area contributed by atoms with Gasteiger partial charge in [0.05, 0.1) is 5.33 Å². The maximum Gasteiger partial charge on any atom is 0.206 e. The van der Waals surface area contributed by atoms with Crippen molar-refractivity contribution in [2.45, 2.75) is 97.1 Å². The number of aromatic nitrogens is 1. The number of thiocarbonyl (C=S) groups is 1. The Balaban J connectivity index is 0.000000199. The molecule has 1 aromatic heterocycles. The van der Waals surface area contributed by atoms with Crippen molar-refractivity contribution in [1.82, 2.24) is 14.8 Å². The van der Waals surface area contributed by atoms with Crippen LogP contribution in [-0.2, 0) is 0 Å². The third-order valence-electron chi connectivity index (χ3n) is 13.8. The Morgan fingerprint density at radius 1 is 0.726 bits per heavy atom. The number of aryl methyl sites for hydroxylation is 2. The molecule has 12 nitrogen and oxygen atoms in total. The number of carbonyl (C=O) groups excluding carboxylic acids is 2. The SMILES string of the molecule is CCSC(N)=NC(=S)Nc1ccc(N2CCC(N3CCCCC3)CC2)cc1.Cc1cccc(C(=O)CBr)c1.Cc1cccc(C(=O)c2sc(Nc3ccc(N4CCC(N5CCCCC5)CC4)cc3)nc2N)c1.P. The minimum absolute atomic E-state index is 0.